The molecule has 0 radical (unpaired) electrons. The number of rotatable bonds is 15. The van der Waals surface area contributed by atoms with Gasteiger partial charge in [0.15, 0.2) is 0 Å². The zero-order valence-electron chi connectivity index (χ0n) is 18.8. The number of carbonyl (C=O) groups is 4. The molecule has 0 spiro atoms. The summed E-state index contributed by atoms with van der Waals surface area (Å²) in [5.74, 6) is -0.947. The third-order valence-electron chi connectivity index (χ3n) is 3.59. The van der Waals surface area contributed by atoms with Crippen LogP contribution in [0.1, 0.15) is 27.2 Å². The van der Waals surface area contributed by atoms with Gasteiger partial charge < -0.3 is 30.7 Å². The summed E-state index contributed by atoms with van der Waals surface area (Å²) in [7, 11) is 2.98. The highest BCUT2D eigenvalue weighted by atomic mass is 16.5. The van der Waals surface area contributed by atoms with E-state index in [1.807, 2.05) is 20.8 Å². The van der Waals surface area contributed by atoms with Gasteiger partial charge in [-0.1, -0.05) is 0 Å². The maximum absolute atomic E-state index is 12.0. The number of hydrogen-bond donors (Lipinski definition) is 4. The van der Waals surface area contributed by atoms with Crippen LogP contribution < -0.4 is 21.3 Å². The Labute approximate surface area is 178 Å². The van der Waals surface area contributed by atoms with Crippen molar-refractivity contribution in [3.05, 3.63) is 0 Å². The first-order valence-electron chi connectivity index (χ1n) is 9.94. The Kier molecular flexibility index (Phi) is 14.4. The van der Waals surface area contributed by atoms with Gasteiger partial charge in [0, 0.05) is 32.6 Å². The van der Waals surface area contributed by atoms with Gasteiger partial charge in [-0.25, -0.2) is 0 Å². The molecule has 4 N–H and O–H groups in total. The first-order chi connectivity index (χ1) is 14.1. The van der Waals surface area contributed by atoms with Gasteiger partial charge in [0.2, 0.25) is 23.6 Å². The molecule has 0 aromatic carbocycles. The Morgan fingerprint density at radius 3 is 1.73 bits per heavy atom. The standard InChI is InChI=1S/C19H37N5O6/c1-19(2,3)23-15(25)6-8-29-10-11-30-9-7-22-18(28)14-24(12-16(26)20-4)13-17(27)21-5/h6-14H2,1-5H3,(H,20,26)(H,21,27)(H,22,28)(H,23,25). The number of ether oxygens (including phenoxy) is 2. The van der Waals surface area contributed by atoms with E-state index in [1.54, 1.807) is 0 Å². The summed E-state index contributed by atoms with van der Waals surface area (Å²) >= 11 is 0. The molecule has 0 fully saturated rings. The van der Waals surface area contributed by atoms with Gasteiger partial charge in [-0.2, -0.15) is 0 Å². The third-order valence-corrected chi connectivity index (χ3v) is 3.59. The third kappa shape index (κ3) is 16.7. The SMILES string of the molecule is CNC(=O)CN(CC(=O)NC)CC(=O)NCCOCCOCCC(=O)NC(C)(C)C. The molecular formula is C19H37N5O6. The molecule has 0 aliphatic rings. The number of hydrogen-bond acceptors (Lipinski definition) is 7. The fraction of sp³-hybridized carbons (Fsp3) is 0.789. The molecule has 0 saturated carbocycles. The molecule has 0 bridgehead atoms. The molecule has 11 heteroatoms. The quantitative estimate of drug-likeness (QED) is 0.225. The van der Waals surface area contributed by atoms with Crippen molar-refractivity contribution in [2.75, 3.05) is 66.7 Å². The van der Waals surface area contributed by atoms with E-state index < -0.39 is 0 Å². The number of nitrogens with zero attached hydrogens (tertiary/aromatic N) is 1. The summed E-state index contributed by atoms with van der Waals surface area (Å²) in [5.41, 5.74) is -0.257. The van der Waals surface area contributed by atoms with Crippen LogP contribution in [0.15, 0.2) is 0 Å². The van der Waals surface area contributed by atoms with E-state index >= 15 is 0 Å². The van der Waals surface area contributed by atoms with Crippen LogP contribution in [0.25, 0.3) is 0 Å². The van der Waals surface area contributed by atoms with E-state index in [2.05, 4.69) is 21.3 Å². The zero-order valence-corrected chi connectivity index (χ0v) is 18.8. The van der Waals surface area contributed by atoms with Crippen LogP contribution in [-0.2, 0) is 28.7 Å². The van der Waals surface area contributed by atoms with Crippen LogP contribution in [0.3, 0.4) is 0 Å². The van der Waals surface area contributed by atoms with E-state index in [0.29, 0.717) is 33.0 Å². The van der Waals surface area contributed by atoms with Gasteiger partial charge in [0.25, 0.3) is 0 Å². The molecule has 0 heterocycles. The molecule has 11 nitrogen and oxygen atoms in total. The Hall–Kier alpha value is -2.24. The van der Waals surface area contributed by atoms with E-state index in [1.165, 1.54) is 19.0 Å². The number of nitrogens with one attached hydrogen (secondary N) is 4. The Bertz CT molecular complexity index is 532. The molecule has 0 rings (SSSR count). The predicted molar refractivity (Wildman–Crippen MR) is 112 cm³/mol. The molecule has 30 heavy (non-hydrogen) atoms. The fourth-order valence-corrected chi connectivity index (χ4v) is 2.22. The monoisotopic (exact) mass is 431 g/mol. The van der Waals surface area contributed by atoms with Gasteiger partial charge >= 0.3 is 0 Å². The lowest BCUT2D eigenvalue weighted by atomic mass is 10.1. The largest absolute Gasteiger partial charge is 0.379 e. The van der Waals surface area contributed by atoms with Crippen LogP contribution in [-0.4, -0.2) is 101 Å². The van der Waals surface area contributed by atoms with Crippen molar-refractivity contribution < 1.29 is 28.7 Å². The number of carbonyl (C=O) groups excluding carboxylic acids is 4. The molecule has 4 amide bonds. The van der Waals surface area contributed by atoms with Crippen LogP contribution in [0, 0.1) is 0 Å². The van der Waals surface area contributed by atoms with Gasteiger partial charge in [0.05, 0.1) is 46.1 Å². The molecule has 0 saturated heterocycles. The summed E-state index contributed by atoms with van der Waals surface area (Å²) in [5, 5.41) is 10.4. The fourth-order valence-electron chi connectivity index (χ4n) is 2.22. The zero-order chi connectivity index (χ0) is 23.0. The molecule has 0 aliphatic heterocycles. The smallest absolute Gasteiger partial charge is 0.234 e. The lowest BCUT2D eigenvalue weighted by Gasteiger charge is -2.20. The lowest BCUT2D eigenvalue weighted by Crippen LogP contribution is -2.46. The van der Waals surface area contributed by atoms with E-state index in [-0.39, 0.29) is 55.2 Å². The van der Waals surface area contributed by atoms with Crippen molar-refractivity contribution in [2.45, 2.75) is 32.7 Å². The summed E-state index contributed by atoms with van der Waals surface area (Å²) in [6, 6.07) is 0. The topological polar surface area (TPSA) is 138 Å². The van der Waals surface area contributed by atoms with Gasteiger partial charge in [-0.05, 0) is 20.8 Å². The Balaban J connectivity index is 3.85. The predicted octanol–water partition coefficient (Wildman–Crippen LogP) is -1.77. The average Bonchev–Trinajstić information content (AvgIpc) is 2.64. The van der Waals surface area contributed by atoms with Gasteiger partial charge in [-0.3, -0.25) is 24.1 Å². The van der Waals surface area contributed by atoms with Crippen molar-refractivity contribution >= 4 is 23.6 Å². The molecule has 0 aromatic rings. The highest BCUT2D eigenvalue weighted by molar-refractivity contribution is 5.83. The summed E-state index contributed by atoms with van der Waals surface area (Å²) in [6.45, 7) is 7.15. The number of likely N-dealkylation sites (N-methyl/N-ethyl adjacent to an activating group) is 2. The second-order valence-electron chi connectivity index (χ2n) is 7.61. The molecule has 174 valence electrons. The second-order valence-corrected chi connectivity index (χ2v) is 7.61. The molecule has 0 unspecified atom stereocenters. The maximum Gasteiger partial charge on any atom is 0.234 e. The average molecular weight is 432 g/mol. The highest BCUT2D eigenvalue weighted by Gasteiger charge is 2.16. The van der Waals surface area contributed by atoms with E-state index in [9.17, 15) is 19.2 Å². The Morgan fingerprint density at radius 1 is 0.733 bits per heavy atom. The first-order valence-corrected chi connectivity index (χ1v) is 9.94. The van der Waals surface area contributed by atoms with Crippen molar-refractivity contribution in [1.29, 1.82) is 0 Å². The van der Waals surface area contributed by atoms with Crippen LogP contribution in [0.2, 0.25) is 0 Å². The minimum absolute atomic E-state index is 0.0566. The van der Waals surface area contributed by atoms with Crippen molar-refractivity contribution in [1.82, 2.24) is 26.2 Å². The molecular weight excluding hydrogens is 394 g/mol. The first kappa shape index (κ1) is 27.8. The van der Waals surface area contributed by atoms with E-state index in [0.717, 1.165) is 0 Å². The van der Waals surface area contributed by atoms with Crippen LogP contribution >= 0.6 is 0 Å². The van der Waals surface area contributed by atoms with Crippen LogP contribution in [0.4, 0.5) is 0 Å². The minimum atomic E-state index is -0.312. The minimum Gasteiger partial charge on any atom is -0.379 e. The van der Waals surface area contributed by atoms with Crippen LogP contribution in [0.5, 0.6) is 0 Å². The normalized spacial score (nSPS) is 11.1. The Morgan fingerprint density at radius 2 is 1.23 bits per heavy atom. The second kappa shape index (κ2) is 15.6. The number of amides is 4. The highest BCUT2D eigenvalue weighted by Crippen LogP contribution is 1.99. The summed E-state index contributed by atoms with van der Waals surface area (Å²) in [6.07, 6.45) is 0.288. The molecule has 0 atom stereocenters. The van der Waals surface area contributed by atoms with Crippen molar-refractivity contribution in [3.63, 3.8) is 0 Å². The van der Waals surface area contributed by atoms with Gasteiger partial charge in [0.1, 0.15) is 0 Å². The maximum atomic E-state index is 12.0. The van der Waals surface area contributed by atoms with Gasteiger partial charge in [-0.15, -0.1) is 0 Å². The molecule has 0 aliphatic carbocycles. The van der Waals surface area contributed by atoms with E-state index in [4.69, 9.17) is 9.47 Å². The summed E-state index contributed by atoms with van der Waals surface area (Å²) < 4.78 is 10.7. The lowest BCUT2D eigenvalue weighted by molar-refractivity contribution is -0.127. The molecule has 0 aromatic heterocycles. The van der Waals surface area contributed by atoms with Crippen molar-refractivity contribution in [3.8, 4) is 0 Å². The summed E-state index contributed by atoms with van der Waals surface area (Å²) in [4.78, 5) is 48.1. The van der Waals surface area contributed by atoms with Crippen molar-refractivity contribution in [2.24, 2.45) is 0 Å².